The number of halogens is 1. The second-order valence-corrected chi connectivity index (χ2v) is 7.59. The highest BCUT2D eigenvalue weighted by Crippen LogP contribution is 2.27. The summed E-state index contributed by atoms with van der Waals surface area (Å²) in [7, 11) is 0. The van der Waals surface area contributed by atoms with Gasteiger partial charge in [-0.25, -0.2) is 0 Å². The number of hydrogen-bond donors (Lipinski definition) is 2. The molecule has 0 atom stereocenters. The van der Waals surface area contributed by atoms with E-state index in [1.807, 2.05) is 18.2 Å². The van der Waals surface area contributed by atoms with Gasteiger partial charge in [0.15, 0.2) is 5.78 Å². The van der Waals surface area contributed by atoms with Crippen molar-refractivity contribution < 1.29 is 9.59 Å². The van der Waals surface area contributed by atoms with Crippen LogP contribution >= 0.6 is 11.6 Å². The molecule has 2 aromatic heterocycles. The van der Waals surface area contributed by atoms with Crippen molar-refractivity contribution in [2.24, 2.45) is 0 Å². The van der Waals surface area contributed by atoms with E-state index in [1.54, 1.807) is 25.3 Å². The molecule has 1 amide bonds. The molecule has 2 heterocycles. The van der Waals surface area contributed by atoms with Gasteiger partial charge in [0.25, 0.3) is 11.5 Å². The van der Waals surface area contributed by atoms with Crippen molar-refractivity contribution in [1.29, 1.82) is 0 Å². The summed E-state index contributed by atoms with van der Waals surface area (Å²) in [4.78, 5) is 40.3. The van der Waals surface area contributed by atoms with Crippen molar-refractivity contribution in [3.05, 3.63) is 86.0 Å². The van der Waals surface area contributed by atoms with Crippen LogP contribution in [0.5, 0.6) is 0 Å². The molecule has 4 rings (SSSR count). The third-order valence-corrected chi connectivity index (χ3v) is 5.57. The maximum atomic E-state index is 12.8. The number of benzene rings is 1. The number of Topliss-reactive ketones (excluding diaryl/α,β-unsaturated/α-hetero) is 1. The molecule has 0 unspecified atom stereocenters. The summed E-state index contributed by atoms with van der Waals surface area (Å²) in [6, 6.07) is 10.3. The molecule has 1 aliphatic carbocycles. The minimum atomic E-state index is -0.340. The number of carbonyl (C=O) groups excluding carboxylic acids is 2. The number of aromatic nitrogens is 2. The second-order valence-electron chi connectivity index (χ2n) is 7.18. The molecule has 0 saturated heterocycles. The van der Waals surface area contributed by atoms with Gasteiger partial charge >= 0.3 is 0 Å². The second kappa shape index (κ2) is 7.72. The fourth-order valence-corrected chi connectivity index (χ4v) is 3.93. The standard InChI is InChI=1S/C22H20ClN3O3/c1-13-20-17(7-4-8-18(20)27)25-21(13)22(29)24-15-9-10-19(28)26(12-15)11-14-5-2-3-6-16(14)23/h2-3,5-6,9-10,12,25H,4,7-8,11H2,1H3,(H,24,29). The van der Waals surface area contributed by atoms with Crippen molar-refractivity contribution in [2.75, 3.05) is 5.32 Å². The van der Waals surface area contributed by atoms with Gasteiger partial charge in [-0.2, -0.15) is 0 Å². The molecule has 0 spiro atoms. The van der Waals surface area contributed by atoms with Crippen LogP contribution in [0.15, 0.2) is 47.4 Å². The van der Waals surface area contributed by atoms with Crippen LogP contribution in [-0.2, 0) is 13.0 Å². The fourth-order valence-electron chi connectivity index (χ4n) is 3.73. The first-order chi connectivity index (χ1) is 13.9. The Morgan fingerprint density at radius 3 is 2.72 bits per heavy atom. The summed E-state index contributed by atoms with van der Waals surface area (Å²) in [5.41, 5.74) is 3.63. The molecule has 0 bridgehead atoms. The van der Waals surface area contributed by atoms with Crippen LogP contribution in [0.1, 0.15) is 50.5 Å². The normalized spacial score (nSPS) is 13.2. The van der Waals surface area contributed by atoms with Gasteiger partial charge in [0.2, 0.25) is 0 Å². The molecule has 1 aliphatic rings. The van der Waals surface area contributed by atoms with Crippen molar-refractivity contribution in [2.45, 2.75) is 32.7 Å². The number of anilines is 1. The van der Waals surface area contributed by atoms with Gasteiger partial charge in [-0.15, -0.1) is 0 Å². The Morgan fingerprint density at radius 1 is 1.17 bits per heavy atom. The van der Waals surface area contributed by atoms with E-state index in [9.17, 15) is 14.4 Å². The van der Waals surface area contributed by atoms with E-state index in [-0.39, 0.29) is 17.2 Å². The van der Waals surface area contributed by atoms with Gasteiger partial charge in [-0.05, 0) is 43.0 Å². The van der Waals surface area contributed by atoms with Crippen LogP contribution in [0, 0.1) is 6.92 Å². The van der Waals surface area contributed by atoms with E-state index < -0.39 is 0 Å². The number of aryl methyl sites for hydroxylation is 1. The number of rotatable bonds is 4. The number of amides is 1. The first kappa shape index (κ1) is 19.2. The van der Waals surface area contributed by atoms with Gasteiger partial charge in [-0.1, -0.05) is 29.8 Å². The number of hydrogen-bond acceptors (Lipinski definition) is 3. The van der Waals surface area contributed by atoms with Crippen molar-refractivity contribution in [3.63, 3.8) is 0 Å². The van der Waals surface area contributed by atoms with Crippen LogP contribution in [-0.4, -0.2) is 21.2 Å². The molecule has 1 aromatic carbocycles. The van der Waals surface area contributed by atoms with Gasteiger partial charge < -0.3 is 14.9 Å². The summed E-state index contributed by atoms with van der Waals surface area (Å²) in [5, 5.41) is 3.39. The zero-order valence-corrected chi connectivity index (χ0v) is 16.7. The highest BCUT2D eigenvalue weighted by Gasteiger charge is 2.26. The molecule has 3 aromatic rings. The Kier molecular flexibility index (Phi) is 5.11. The SMILES string of the molecule is Cc1c(C(=O)Nc2ccc(=O)n(Cc3ccccc3Cl)c2)[nH]c2c1C(=O)CCC2. The predicted molar refractivity (Wildman–Crippen MR) is 112 cm³/mol. The zero-order chi connectivity index (χ0) is 20.5. The Labute approximate surface area is 172 Å². The number of ketones is 1. The average molecular weight is 410 g/mol. The Bertz CT molecular complexity index is 1180. The molecule has 0 fully saturated rings. The highest BCUT2D eigenvalue weighted by molar-refractivity contribution is 6.31. The van der Waals surface area contributed by atoms with Gasteiger partial charge in [0.05, 0.1) is 12.2 Å². The van der Waals surface area contributed by atoms with Crippen molar-refractivity contribution in [3.8, 4) is 0 Å². The average Bonchev–Trinajstić information content (AvgIpc) is 3.04. The number of nitrogens with one attached hydrogen (secondary N) is 2. The molecule has 29 heavy (non-hydrogen) atoms. The first-order valence-electron chi connectivity index (χ1n) is 9.44. The molecule has 0 radical (unpaired) electrons. The molecule has 6 nitrogen and oxygen atoms in total. The Balaban J connectivity index is 1.59. The summed E-state index contributed by atoms with van der Waals surface area (Å²) in [6.07, 6.45) is 3.66. The van der Waals surface area contributed by atoms with E-state index in [2.05, 4.69) is 10.3 Å². The first-order valence-corrected chi connectivity index (χ1v) is 9.81. The molecular formula is C22H20ClN3O3. The minimum Gasteiger partial charge on any atom is -0.354 e. The third kappa shape index (κ3) is 3.76. The Hall–Kier alpha value is -3.12. The Morgan fingerprint density at radius 2 is 1.97 bits per heavy atom. The van der Waals surface area contributed by atoms with Crippen molar-refractivity contribution in [1.82, 2.24) is 9.55 Å². The number of pyridine rings is 1. The molecule has 0 aliphatic heterocycles. The number of fused-ring (bicyclic) bond motifs is 1. The van der Waals surface area contributed by atoms with Crippen LogP contribution < -0.4 is 10.9 Å². The maximum Gasteiger partial charge on any atom is 0.272 e. The lowest BCUT2D eigenvalue weighted by atomic mass is 9.94. The van der Waals surface area contributed by atoms with E-state index >= 15 is 0 Å². The van der Waals surface area contributed by atoms with Gasteiger partial charge in [0.1, 0.15) is 5.69 Å². The predicted octanol–water partition coefficient (Wildman–Crippen LogP) is 3.96. The van der Waals surface area contributed by atoms with Gasteiger partial charge in [0, 0.05) is 35.0 Å². The minimum absolute atomic E-state index is 0.0762. The van der Waals surface area contributed by atoms with Crippen LogP contribution in [0.4, 0.5) is 5.69 Å². The lowest BCUT2D eigenvalue weighted by Gasteiger charge is -2.11. The number of H-pyrrole nitrogens is 1. The van der Waals surface area contributed by atoms with Crippen LogP contribution in [0.2, 0.25) is 5.02 Å². The van der Waals surface area contributed by atoms with E-state index in [1.165, 1.54) is 10.6 Å². The number of nitrogens with zero attached hydrogens (tertiary/aromatic N) is 1. The van der Waals surface area contributed by atoms with Crippen LogP contribution in [0.3, 0.4) is 0 Å². The fraction of sp³-hybridized carbons (Fsp3) is 0.227. The molecule has 148 valence electrons. The van der Waals surface area contributed by atoms with E-state index in [0.717, 1.165) is 24.1 Å². The van der Waals surface area contributed by atoms with Crippen LogP contribution in [0.25, 0.3) is 0 Å². The van der Waals surface area contributed by atoms with Crippen molar-refractivity contribution >= 4 is 29.0 Å². The monoisotopic (exact) mass is 409 g/mol. The topological polar surface area (TPSA) is 84.0 Å². The van der Waals surface area contributed by atoms with E-state index in [4.69, 9.17) is 11.6 Å². The smallest absolute Gasteiger partial charge is 0.272 e. The largest absolute Gasteiger partial charge is 0.354 e. The summed E-state index contributed by atoms with van der Waals surface area (Å²) in [6.45, 7) is 2.08. The summed E-state index contributed by atoms with van der Waals surface area (Å²) < 4.78 is 1.49. The molecular weight excluding hydrogens is 390 g/mol. The van der Waals surface area contributed by atoms with E-state index in [0.29, 0.717) is 40.5 Å². The quantitative estimate of drug-likeness (QED) is 0.684. The zero-order valence-electron chi connectivity index (χ0n) is 15.9. The lowest BCUT2D eigenvalue weighted by molar-refractivity contribution is 0.0971. The maximum absolute atomic E-state index is 12.8. The summed E-state index contributed by atoms with van der Waals surface area (Å²) in [5.74, 6) is -0.264. The number of aromatic amines is 1. The lowest BCUT2D eigenvalue weighted by Crippen LogP contribution is -2.21. The molecule has 0 saturated carbocycles. The summed E-state index contributed by atoms with van der Waals surface area (Å²) >= 11 is 6.19. The molecule has 7 heteroatoms. The number of carbonyl (C=O) groups is 2. The molecule has 2 N–H and O–H groups in total. The third-order valence-electron chi connectivity index (χ3n) is 5.20. The highest BCUT2D eigenvalue weighted by atomic mass is 35.5. The van der Waals surface area contributed by atoms with Gasteiger partial charge in [-0.3, -0.25) is 14.4 Å².